The first-order chi connectivity index (χ1) is 17.3. The molecular weight excluding hydrogens is 485 g/mol. The quantitative estimate of drug-likeness (QED) is 0.319. The SMILES string of the molecule is O=C(Nc1ccc(SC(C(=O)Nc2cccc(C(F)(F)F)c2)c2ccccc2)cc1)C1CCCCC1. The van der Waals surface area contributed by atoms with E-state index < -0.39 is 22.9 Å². The smallest absolute Gasteiger partial charge is 0.326 e. The second-order valence-electron chi connectivity index (χ2n) is 8.82. The van der Waals surface area contributed by atoms with Crippen LogP contribution in [0.1, 0.15) is 48.5 Å². The lowest BCUT2D eigenvalue weighted by molar-refractivity contribution is -0.137. The molecule has 1 aliphatic carbocycles. The summed E-state index contributed by atoms with van der Waals surface area (Å²) in [6, 6.07) is 20.9. The van der Waals surface area contributed by atoms with Crippen molar-refractivity contribution >= 4 is 35.0 Å². The van der Waals surface area contributed by atoms with Gasteiger partial charge in [0.25, 0.3) is 0 Å². The van der Waals surface area contributed by atoms with Gasteiger partial charge in [0.15, 0.2) is 0 Å². The Morgan fingerprint density at radius 3 is 2.17 bits per heavy atom. The van der Waals surface area contributed by atoms with Crippen molar-refractivity contribution in [1.29, 1.82) is 0 Å². The van der Waals surface area contributed by atoms with Crippen LogP contribution in [0.4, 0.5) is 24.5 Å². The lowest BCUT2D eigenvalue weighted by atomic mass is 9.88. The predicted molar refractivity (Wildman–Crippen MR) is 137 cm³/mol. The Labute approximate surface area is 212 Å². The Morgan fingerprint density at radius 2 is 1.50 bits per heavy atom. The van der Waals surface area contributed by atoms with Crippen LogP contribution >= 0.6 is 11.8 Å². The summed E-state index contributed by atoms with van der Waals surface area (Å²) in [6.07, 6.45) is 0.676. The van der Waals surface area contributed by atoms with Gasteiger partial charge in [0, 0.05) is 22.2 Å². The number of rotatable bonds is 7. The van der Waals surface area contributed by atoms with Crippen LogP contribution in [0.25, 0.3) is 0 Å². The topological polar surface area (TPSA) is 58.2 Å². The molecule has 1 fully saturated rings. The van der Waals surface area contributed by atoms with Crippen LogP contribution in [0.3, 0.4) is 0 Å². The average molecular weight is 513 g/mol. The summed E-state index contributed by atoms with van der Waals surface area (Å²) in [7, 11) is 0. The molecule has 1 saturated carbocycles. The highest BCUT2D eigenvalue weighted by Crippen LogP contribution is 2.37. The van der Waals surface area contributed by atoms with E-state index in [1.165, 1.54) is 30.3 Å². The molecule has 0 spiro atoms. The second kappa shape index (κ2) is 11.6. The lowest BCUT2D eigenvalue weighted by Crippen LogP contribution is -2.24. The maximum absolute atomic E-state index is 13.2. The normalized spacial score (nSPS) is 15.2. The van der Waals surface area contributed by atoms with E-state index in [1.54, 1.807) is 12.1 Å². The van der Waals surface area contributed by atoms with Crippen molar-refractivity contribution in [2.24, 2.45) is 5.92 Å². The molecule has 4 nitrogen and oxygen atoms in total. The number of hydrogen-bond donors (Lipinski definition) is 2. The molecule has 0 saturated heterocycles. The van der Waals surface area contributed by atoms with E-state index in [0.29, 0.717) is 5.69 Å². The Bertz CT molecular complexity index is 1180. The lowest BCUT2D eigenvalue weighted by Gasteiger charge is -2.21. The summed E-state index contributed by atoms with van der Waals surface area (Å²) in [5.41, 5.74) is 0.675. The van der Waals surface area contributed by atoms with Gasteiger partial charge in [0.1, 0.15) is 5.25 Å². The summed E-state index contributed by atoms with van der Waals surface area (Å²) in [6.45, 7) is 0. The van der Waals surface area contributed by atoms with E-state index >= 15 is 0 Å². The molecule has 0 bridgehead atoms. The highest BCUT2D eigenvalue weighted by Gasteiger charge is 2.31. The van der Waals surface area contributed by atoms with Crippen LogP contribution in [0.2, 0.25) is 0 Å². The summed E-state index contributed by atoms with van der Waals surface area (Å²) >= 11 is 1.29. The maximum atomic E-state index is 13.2. The summed E-state index contributed by atoms with van der Waals surface area (Å²) in [5.74, 6) is -0.340. The van der Waals surface area contributed by atoms with Crippen LogP contribution in [-0.2, 0) is 15.8 Å². The third-order valence-corrected chi connectivity index (χ3v) is 7.42. The van der Waals surface area contributed by atoms with Crippen LogP contribution in [0.15, 0.2) is 83.8 Å². The third kappa shape index (κ3) is 6.91. The van der Waals surface area contributed by atoms with E-state index in [9.17, 15) is 22.8 Å². The van der Waals surface area contributed by atoms with E-state index in [1.807, 2.05) is 42.5 Å². The van der Waals surface area contributed by atoms with E-state index in [2.05, 4.69) is 10.6 Å². The first-order valence-electron chi connectivity index (χ1n) is 11.9. The van der Waals surface area contributed by atoms with Crippen molar-refractivity contribution in [3.63, 3.8) is 0 Å². The van der Waals surface area contributed by atoms with Crippen LogP contribution in [-0.4, -0.2) is 11.8 Å². The fourth-order valence-electron chi connectivity index (χ4n) is 4.24. The molecule has 1 atom stereocenters. The van der Waals surface area contributed by atoms with Crippen molar-refractivity contribution in [2.45, 2.75) is 48.4 Å². The number of halogens is 3. The number of hydrogen-bond acceptors (Lipinski definition) is 3. The fourth-order valence-corrected chi connectivity index (χ4v) is 5.27. The van der Waals surface area contributed by atoms with Crippen molar-refractivity contribution < 1.29 is 22.8 Å². The Balaban J connectivity index is 1.47. The third-order valence-electron chi connectivity index (χ3n) is 6.15. The zero-order valence-electron chi connectivity index (χ0n) is 19.6. The monoisotopic (exact) mass is 512 g/mol. The number of nitrogens with one attached hydrogen (secondary N) is 2. The van der Waals surface area contributed by atoms with Crippen molar-refractivity contribution in [1.82, 2.24) is 0 Å². The summed E-state index contributed by atoms with van der Waals surface area (Å²) < 4.78 is 39.3. The largest absolute Gasteiger partial charge is 0.416 e. The molecule has 0 aliphatic heterocycles. The van der Waals surface area contributed by atoms with Crippen molar-refractivity contribution in [2.75, 3.05) is 10.6 Å². The number of carbonyl (C=O) groups excluding carboxylic acids is 2. The zero-order valence-corrected chi connectivity index (χ0v) is 20.4. The van der Waals surface area contributed by atoms with Gasteiger partial charge >= 0.3 is 6.18 Å². The van der Waals surface area contributed by atoms with E-state index in [4.69, 9.17) is 0 Å². The summed E-state index contributed by atoms with van der Waals surface area (Å²) in [5, 5.41) is 4.92. The molecule has 0 heterocycles. The number of anilines is 2. The molecule has 1 aliphatic rings. The molecule has 36 heavy (non-hydrogen) atoms. The minimum absolute atomic E-state index is 0.0396. The van der Waals surface area contributed by atoms with Gasteiger partial charge in [-0.15, -0.1) is 11.8 Å². The Hall–Kier alpha value is -3.26. The standard InChI is InChI=1S/C28H27F3N2O2S/c29-28(30,31)21-12-7-13-23(18-21)33-27(35)25(19-8-3-1-4-9-19)36-24-16-14-22(15-17-24)32-26(34)20-10-5-2-6-11-20/h1,3-4,7-9,12-18,20,25H,2,5-6,10-11H2,(H,32,34)(H,33,35). The zero-order chi connectivity index (χ0) is 25.5. The highest BCUT2D eigenvalue weighted by atomic mass is 32.2. The van der Waals surface area contributed by atoms with Crippen LogP contribution in [0, 0.1) is 5.92 Å². The number of benzene rings is 3. The second-order valence-corrected chi connectivity index (χ2v) is 10.0. The molecule has 188 valence electrons. The van der Waals surface area contributed by atoms with Crippen LogP contribution < -0.4 is 10.6 Å². The molecule has 8 heteroatoms. The Kier molecular flexibility index (Phi) is 8.36. The molecule has 4 rings (SSSR count). The van der Waals surface area contributed by atoms with Crippen molar-refractivity contribution in [3.05, 3.63) is 90.0 Å². The van der Waals surface area contributed by atoms with E-state index in [0.717, 1.165) is 48.3 Å². The minimum atomic E-state index is -4.50. The van der Waals surface area contributed by atoms with Gasteiger partial charge < -0.3 is 10.6 Å². The molecule has 0 aromatic heterocycles. The minimum Gasteiger partial charge on any atom is -0.326 e. The number of amides is 2. The van der Waals surface area contributed by atoms with Gasteiger partial charge in [-0.25, -0.2) is 0 Å². The number of alkyl halides is 3. The van der Waals surface area contributed by atoms with Crippen LogP contribution in [0.5, 0.6) is 0 Å². The molecule has 2 N–H and O–H groups in total. The molecular formula is C28H27F3N2O2S. The van der Waals surface area contributed by atoms with Crippen molar-refractivity contribution in [3.8, 4) is 0 Å². The van der Waals surface area contributed by atoms with Gasteiger partial charge in [-0.05, 0) is 60.9 Å². The average Bonchev–Trinajstić information content (AvgIpc) is 2.89. The molecule has 3 aromatic rings. The molecule has 1 unspecified atom stereocenters. The maximum Gasteiger partial charge on any atom is 0.416 e. The first-order valence-corrected chi connectivity index (χ1v) is 12.8. The van der Waals surface area contributed by atoms with Gasteiger partial charge in [0.05, 0.1) is 5.56 Å². The molecule has 0 radical (unpaired) electrons. The van der Waals surface area contributed by atoms with E-state index in [-0.39, 0.29) is 17.5 Å². The van der Waals surface area contributed by atoms with Gasteiger partial charge in [-0.1, -0.05) is 55.7 Å². The highest BCUT2D eigenvalue weighted by molar-refractivity contribution is 8.00. The number of carbonyl (C=O) groups is 2. The molecule has 2 amide bonds. The summed E-state index contributed by atoms with van der Waals surface area (Å²) in [4.78, 5) is 26.5. The molecule has 3 aromatic carbocycles. The fraction of sp³-hybridized carbons (Fsp3) is 0.286. The van der Waals surface area contributed by atoms with Gasteiger partial charge in [0.2, 0.25) is 11.8 Å². The first kappa shape index (κ1) is 25.8. The van der Waals surface area contributed by atoms with Gasteiger partial charge in [-0.3, -0.25) is 9.59 Å². The van der Waals surface area contributed by atoms with Gasteiger partial charge in [-0.2, -0.15) is 13.2 Å². The Morgan fingerprint density at radius 1 is 0.806 bits per heavy atom. The predicted octanol–water partition coefficient (Wildman–Crippen LogP) is 7.70. The number of thioether (sulfide) groups is 1.